The van der Waals surface area contributed by atoms with Crippen molar-refractivity contribution in [2.24, 2.45) is 5.73 Å². The Bertz CT molecular complexity index is 222. The molecule has 4 heteroatoms. The van der Waals surface area contributed by atoms with Gasteiger partial charge in [0.05, 0.1) is 0 Å². The van der Waals surface area contributed by atoms with Crippen LogP contribution in [-0.2, 0) is 6.54 Å². The lowest BCUT2D eigenvalue weighted by atomic mass is 10.2. The van der Waals surface area contributed by atoms with Crippen LogP contribution in [0.2, 0.25) is 0 Å². The van der Waals surface area contributed by atoms with Crippen LogP contribution in [0.25, 0.3) is 0 Å². The number of halogens is 2. The van der Waals surface area contributed by atoms with E-state index in [9.17, 15) is 0 Å². The highest BCUT2D eigenvalue weighted by molar-refractivity contribution is 8.08. The zero-order valence-corrected chi connectivity index (χ0v) is 8.20. The van der Waals surface area contributed by atoms with Crippen LogP contribution in [-0.4, -0.2) is 0 Å². The van der Waals surface area contributed by atoms with Gasteiger partial charge in [-0.05, 0) is 5.56 Å². The molecule has 0 aliphatic rings. The zero-order valence-electron chi connectivity index (χ0n) is 5.80. The summed E-state index contributed by atoms with van der Waals surface area (Å²) in [4.78, 5) is 0. The molecule has 0 aromatic heterocycles. The van der Waals surface area contributed by atoms with E-state index in [-0.39, 0.29) is 0 Å². The van der Waals surface area contributed by atoms with E-state index in [1.807, 2.05) is 24.3 Å². The number of nitrogens with two attached hydrogens (primary N) is 1. The second-order valence-corrected chi connectivity index (χ2v) is 5.63. The molecular formula is C7H8Cl2NP. The molecule has 11 heavy (non-hydrogen) atoms. The molecule has 0 heterocycles. The van der Waals surface area contributed by atoms with E-state index >= 15 is 0 Å². The summed E-state index contributed by atoms with van der Waals surface area (Å²) in [5, 5.41) is 0.973. The van der Waals surface area contributed by atoms with Crippen LogP contribution in [0.3, 0.4) is 0 Å². The van der Waals surface area contributed by atoms with Crippen molar-refractivity contribution >= 4 is 34.4 Å². The third-order valence-corrected chi connectivity index (χ3v) is 3.23. The summed E-state index contributed by atoms with van der Waals surface area (Å²) in [5.74, 6) is 0. The van der Waals surface area contributed by atoms with Crippen molar-refractivity contribution in [1.29, 1.82) is 0 Å². The lowest BCUT2D eigenvalue weighted by Crippen LogP contribution is -1.99. The molecule has 0 aliphatic heterocycles. The highest BCUT2D eigenvalue weighted by atomic mass is 35.9. The second-order valence-electron chi connectivity index (χ2n) is 2.10. The second kappa shape index (κ2) is 4.27. The van der Waals surface area contributed by atoms with Gasteiger partial charge in [0.2, 0.25) is 0 Å². The minimum absolute atomic E-state index is 0.558. The molecule has 0 atom stereocenters. The predicted octanol–water partition coefficient (Wildman–Crippen LogP) is 2.56. The molecule has 0 aliphatic carbocycles. The first-order chi connectivity index (χ1) is 5.24. The highest BCUT2D eigenvalue weighted by Gasteiger charge is 2.01. The van der Waals surface area contributed by atoms with E-state index in [1.54, 1.807) is 0 Å². The van der Waals surface area contributed by atoms with Crippen LogP contribution in [0.4, 0.5) is 0 Å². The molecule has 2 N–H and O–H groups in total. The van der Waals surface area contributed by atoms with E-state index in [0.29, 0.717) is 6.54 Å². The Hall–Kier alpha value is 0.190. The van der Waals surface area contributed by atoms with E-state index < -0.39 is 6.63 Å². The molecule has 1 aromatic carbocycles. The third-order valence-electron chi connectivity index (χ3n) is 1.37. The molecule has 0 spiro atoms. The Balaban J connectivity index is 2.83. The normalized spacial score (nSPS) is 10.5. The van der Waals surface area contributed by atoms with Gasteiger partial charge in [-0.1, -0.05) is 46.7 Å². The first-order valence-corrected chi connectivity index (χ1v) is 6.30. The Labute approximate surface area is 76.8 Å². The van der Waals surface area contributed by atoms with Crippen LogP contribution in [0.5, 0.6) is 0 Å². The van der Waals surface area contributed by atoms with Gasteiger partial charge >= 0.3 is 0 Å². The monoisotopic (exact) mass is 207 g/mol. The molecule has 0 fully saturated rings. The summed E-state index contributed by atoms with van der Waals surface area (Å²) in [7, 11) is 0. The third kappa shape index (κ3) is 2.61. The largest absolute Gasteiger partial charge is 0.326 e. The molecule has 60 valence electrons. The number of benzene rings is 1. The number of hydrogen-bond donors (Lipinski definition) is 1. The lowest BCUT2D eigenvalue weighted by molar-refractivity contribution is 1.07. The van der Waals surface area contributed by atoms with Gasteiger partial charge in [0.15, 0.2) is 0 Å². The highest BCUT2D eigenvalue weighted by Crippen LogP contribution is 2.45. The van der Waals surface area contributed by atoms with Gasteiger partial charge in [-0.15, -0.1) is 0 Å². The smallest absolute Gasteiger partial charge is 0.116 e. The van der Waals surface area contributed by atoms with Crippen molar-refractivity contribution in [3.8, 4) is 0 Å². The average molecular weight is 208 g/mol. The summed E-state index contributed by atoms with van der Waals surface area (Å²) in [6.07, 6.45) is 0. The fourth-order valence-corrected chi connectivity index (χ4v) is 1.80. The van der Waals surface area contributed by atoms with Crippen LogP contribution in [0.15, 0.2) is 24.3 Å². The van der Waals surface area contributed by atoms with Gasteiger partial charge in [0.1, 0.15) is 6.63 Å². The molecule has 0 unspecified atom stereocenters. The van der Waals surface area contributed by atoms with Crippen molar-refractivity contribution < 1.29 is 0 Å². The topological polar surface area (TPSA) is 26.0 Å². The predicted molar refractivity (Wildman–Crippen MR) is 52.6 cm³/mol. The lowest BCUT2D eigenvalue weighted by Gasteiger charge is -2.01. The molecule has 0 bridgehead atoms. The number of hydrogen-bond acceptors (Lipinski definition) is 1. The Morgan fingerprint density at radius 2 is 1.73 bits per heavy atom. The quantitative estimate of drug-likeness (QED) is 0.742. The molecule has 0 radical (unpaired) electrons. The zero-order chi connectivity index (χ0) is 8.27. The maximum absolute atomic E-state index is 5.70. The summed E-state index contributed by atoms with van der Waals surface area (Å²) >= 11 is 11.4. The maximum Gasteiger partial charge on any atom is 0.116 e. The van der Waals surface area contributed by atoms with E-state index in [1.165, 1.54) is 0 Å². The van der Waals surface area contributed by atoms with E-state index in [0.717, 1.165) is 10.9 Å². The summed E-state index contributed by atoms with van der Waals surface area (Å²) in [5.41, 5.74) is 6.51. The fraction of sp³-hybridized carbons (Fsp3) is 0.143. The maximum atomic E-state index is 5.70. The molecule has 0 saturated heterocycles. The van der Waals surface area contributed by atoms with Crippen LogP contribution in [0.1, 0.15) is 5.56 Å². The van der Waals surface area contributed by atoms with Gasteiger partial charge in [-0.3, -0.25) is 0 Å². The average Bonchev–Trinajstić information content (AvgIpc) is 2.05. The minimum Gasteiger partial charge on any atom is -0.326 e. The van der Waals surface area contributed by atoms with Gasteiger partial charge in [-0.25, -0.2) is 0 Å². The van der Waals surface area contributed by atoms with Crippen molar-refractivity contribution in [3.05, 3.63) is 29.8 Å². The number of rotatable bonds is 2. The molecule has 0 amide bonds. The first-order valence-electron chi connectivity index (χ1n) is 3.14. The molecule has 0 saturated carbocycles. The summed E-state index contributed by atoms with van der Waals surface area (Å²) in [6.45, 7) is -0.451. The summed E-state index contributed by atoms with van der Waals surface area (Å²) in [6, 6.07) is 7.70. The van der Waals surface area contributed by atoms with Crippen molar-refractivity contribution in [2.75, 3.05) is 0 Å². The van der Waals surface area contributed by atoms with Gasteiger partial charge in [0.25, 0.3) is 0 Å². The standard InChI is InChI=1S/C7H8Cl2NP/c8-11(9)7-3-1-6(5-10)2-4-7/h1-4H,5,10H2. The van der Waals surface area contributed by atoms with Gasteiger partial charge in [0, 0.05) is 11.8 Å². The summed E-state index contributed by atoms with van der Waals surface area (Å²) < 4.78 is 0. The SMILES string of the molecule is NCc1ccc(P(Cl)Cl)cc1. The van der Waals surface area contributed by atoms with Gasteiger partial charge < -0.3 is 5.73 Å². The Morgan fingerprint density at radius 3 is 2.09 bits per heavy atom. The Kier molecular flexibility index (Phi) is 3.61. The van der Waals surface area contributed by atoms with Crippen LogP contribution >= 0.6 is 29.1 Å². The van der Waals surface area contributed by atoms with Crippen molar-refractivity contribution in [1.82, 2.24) is 0 Å². The van der Waals surface area contributed by atoms with Gasteiger partial charge in [-0.2, -0.15) is 0 Å². The van der Waals surface area contributed by atoms with E-state index in [4.69, 9.17) is 28.2 Å². The van der Waals surface area contributed by atoms with E-state index in [2.05, 4.69) is 0 Å². The van der Waals surface area contributed by atoms with Crippen molar-refractivity contribution in [2.45, 2.75) is 6.54 Å². The van der Waals surface area contributed by atoms with Crippen molar-refractivity contribution in [3.63, 3.8) is 0 Å². The molecular weight excluding hydrogens is 200 g/mol. The van der Waals surface area contributed by atoms with Crippen LogP contribution in [0, 0.1) is 0 Å². The molecule has 1 nitrogen and oxygen atoms in total. The Morgan fingerprint density at radius 1 is 1.18 bits per heavy atom. The molecule has 1 aromatic rings. The van der Waals surface area contributed by atoms with Crippen LogP contribution < -0.4 is 11.0 Å². The first kappa shape index (κ1) is 9.28. The fourth-order valence-electron chi connectivity index (χ4n) is 0.745. The minimum atomic E-state index is -1.01. The molecule has 1 rings (SSSR count).